The molecule has 0 bridgehead atoms. The second kappa shape index (κ2) is 5.36. The van der Waals surface area contributed by atoms with Crippen LogP contribution in [0.3, 0.4) is 0 Å². The van der Waals surface area contributed by atoms with Crippen molar-refractivity contribution in [2.45, 2.75) is 20.8 Å². The zero-order valence-electron chi connectivity index (χ0n) is 11.3. The lowest BCUT2D eigenvalue weighted by atomic mass is 10.1. The molecule has 0 unspecified atom stereocenters. The first-order valence-corrected chi connectivity index (χ1v) is 6.50. The van der Waals surface area contributed by atoms with Gasteiger partial charge in [0.2, 0.25) is 0 Å². The number of thiocarbonyl (C=S) groups is 1. The highest BCUT2D eigenvalue weighted by molar-refractivity contribution is 7.80. The summed E-state index contributed by atoms with van der Waals surface area (Å²) in [5.74, 6) is 0.709. The molecule has 0 fully saturated rings. The standard InChI is InChI=1S/C15H17N3S/c1-9-5-4-6-12(11(9)3)18-15-13(14(16)19)10(2)7-8-17-15/h4-8H,1-3H3,(H2,16,19)(H,17,18). The minimum absolute atomic E-state index is 0.360. The topological polar surface area (TPSA) is 50.9 Å². The molecule has 1 aromatic heterocycles. The zero-order chi connectivity index (χ0) is 14.0. The number of rotatable bonds is 3. The van der Waals surface area contributed by atoms with Gasteiger partial charge in [-0.25, -0.2) is 4.98 Å². The van der Waals surface area contributed by atoms with Gasteiger partial charge in [-0.15, -0.1) is 0 Å². The van der Waals surface area contributed by atoms with Crippen LogP contribution < -0.4 is 11.1 Å². The number of benzene rings is 1. The van der Waals surface area contributed by atoms with Crippen molar-refractivity contribution in [2.24, 2.45) is 5.73 Å². The molecule has 0 aliphatic carbocycles. The molecule has 0 radical (unpaired) electrons. The quantitative estimate of drug-likeness (QED) is 0.840. The second-order valence-corrected chi connectivity index (χ2v) is 5.03. The molecule has 0 spiro atoms. The van der Waals surface area contributed by atoms with E-state index in [0.29, 0.717) is 10.8 Å². The summed E-state index contributed by atoms with van der Waals surface area (Å²) in [4.78, 5) is 4.71. The van der Waals surface area contributed by atoms with Crippen LogP contribution in [0.15, 0.2) is 30.5 Å². The number of hydrogen-bond donors (Lipinski definition) is 2. The lowest BCUT2D eigenvalue weighted by Crippen LogP contribution is -2.15. The average molecular weight is 271 g/mol. The Morgan fingerprint density at radius 2 is 1.89 bits per heavy atom. The first-order chi connectivity index (χ1) is 9.00. The summed E-state index contributed by atoms with van der Waals surface area (Å²) in [7, 11) is 0. The van der Waals surface area contributed by atoms with Crippen molar-refractivity contribution < 1.29 is 0 Å². The smallest absolute Gasteiger partial charge is 0.140 e. The average Bonchev–Trinajstić information content (AvgIpc) is 2.34. The van der Waals surface area contributed by atoms with E-state index in [9.17, 15) is 0 Å². The molecule has 3 nitrogen and oxygen atoms in total. The van der Waals surface area contributed by atoms with Crippen molar-refractivity contribution in [3.8, 4) is 0 Å². The molecule has 19 heavy (non-hydrogen) atoms. The number of nitrogens with one attached hydrogen (secondary N) is 1. The monoisotopic (exact) mass is 271 g/mol. The fourth-order valence-electron chi connectivity index (χ4n) is 1.98. The number of aryl methyl sites for hydroxylation is 2. The number of pyridine rings is 1. The molecule has 0 saturated heterocycles. The van der Waals surface area contributed by atoms with Crippen LogP contribution in [-0.2, 0) is 0 Å². The number of nitrogens with two attached hydrogens (primary N) is 1. The lowest BCUT2D eigenvalue weighted by molar-refractivity contribution is 1.24. The third-order valence-corrected chi connectivity index (χ3v) is 3.47. The summed E-state index contributed by atoms with van der Waals surface area (Å²) < 4.78 is 0. The predicted molar refractivity (Wildman–Crippen MR) is 84.1 cm³/mol. The molecular weight excluding hydrogens is 254 g/mol. The van der Waals surface area contributed by atoms with E-state index in [-0.39, 0.29) is 0 Å². The summed E-state index contributed by atoms with van der Waals surface area (Å²) in [5, 5.41) is 3.33. The van der Waals surface area contributed by atoms with Gasteiger partial charge in [-0.05, 0) is 49.6 Å². The van der Waals surface area contributed by atoms with Crippen LogP contribution in [0.1, 0.15) is 22.3 Å². The Bertz CT molecular complexity index is 635. The van der Waals surface area contributed by atoms with Crippen molar-refractivity contribution in [2.75, 3.05) is 5.32 Å². The molecular formula is C15H17N3S. The maximum atomic E-state index is 5.79. The third-order valence-electron chi connectivity index (χ3n) is 3.26. The molecule has 2 rings (SSSR count). The van der Waals surface area contributed by atoms with E-state index in [4.69, 9.17) is 18.0 Å². The maximum absolute atomic E-state index is 5.79. The summed E-state index contributed by atoms with van der Waals surface area (Å²) in [5.41, 5.74) is 11.1. The molecule has 2 aromatic rings. The van der Waals surface area contributed by atoms with Crippen LogP contribution in [0.25, 0.3) is 0 Å². The van der Waals surface area contributed by atoms with Crippen LogP contribution in [0.4, 0.5) is 11.5 Å². The maximum Gasteiger partial charge on any atom is 0.140 e. The molecule has 3 N–H and O–H groups in total. The van der Waals surface area contributed by atoms with Crippen molar-refractivity contribution in [1.29, 1.82) is 0 Å². The van der Waals surface area contributed by atoms with Crippen LogP contribution in [0.2, 0.25) is 0 Å². The number of nitrogens with zero attached hydrogens (tertiary/aromatic N) is 1. The number of anilines is 2. The predicted octanol–water partition coefficient (Wildman–Crippen LogP) is 3.38. The Morgan fingerprint density at radius 1 is 1.16 bits per heavy atom. The highest BCUT2D eigenvalue weighted by Gasteiger charge is 2.11. The van der Waals surface area contributed by atoms with Crippen LogP contribution in [-0.4, -0.2) is 9.97 Å². The lowest BCUT2D eigenvalue weighted by Gasteiger charge is -2.14. The minimum Gasteiger partial charge on any atom is -0.389 e. The first-order valence-electron chi connectivity index (χ1n) is 6.09. The second-order valence-electron chi connectivity index (χ2n) is 4.59. The highest BCUT2D eigenvalue weighted by Crippen LogP contribution is 2.25. The Balaban J connectivity index is 2.47. The zero-order valence-corrected chi connectivity index (χ0v) is 12.1. The van der Waals surface area contributed by atoms with Gasteiger partial charge in [0.25, 0.3) is 0 Å². The fraction of sp³-hybridized carbons (Fsp3) is 0.200. The highest BCUT2D eigenvalue weighted by atomic mass is 32.1. The van der Waals surface area contributed by atoms with E-state index >= 15 is 0 Å². The third kappa shape index (κ3) is 2.74. The molecule has 1 heterocycles. The van der Waals surface area contributed by atoms with Gasteiger partial charge in [-0.2, -0.15) is 0 Å². The Morgan fingerprint density at radius 3 is 2.58 bits per heavy atom. The molecule has 0 amide bonds. The van der Waals surface area contributed by atoms with Crippen molar-refractivity contribution in [1.82, 2.24) is 4.98 Å². The van der Waals surface area contributed by atoms with Gasteiger partial charge < -0.3 is 11.1 Å². The SMILES string of the molecule is Cc1cccc(Nc2nccc(C)c2C(N)=S)c1C. The molecule has 0 saturated carbocycles. The molecule has 1 aromatic carbocycles. The van der Waals surface area contributed by atoms with Crippen LogP contribution >= 0.6 is 12.2 Å². The van der Waals surface area contributed by atoms with E-state index in [1.165, 1.54) is 11.1 Å². The van der Waals surface area contributed by atoms with Gasteiger partial charge in [0, 0.05) is 11.9 Å². The first kappa shape index (κ1) is 13.5. The Labute approximate surface area is 118 Å². The number of hydrogen-bond acceptors (Lipinski definition) is 3. The van der Waals surface area contributed by atoms with E-state index < -0.39 is 0 Å². The summed E-state index contributed by atoms with van der Waals surface area (Å²) in [6, 6.07) is 8.03. The van der Waals surface area contributed by atoms with Crippen molar-refractivity contribution in [3.05, 3.63) is 52.7 Å². The van der Waals surface area contributed by atoms with E-state index in [2.05, 4.69) is 30.2 Å². The van der Waals surface area contributed by atoms with Gasteiger partial charge in [0.05, 0.1) is 5.56 Å². The minimum atomic E-state index is 0.360. The normalized spacial score (nSPS) is 10.3. The van der Waals surface area contributed by atoms with Gasteiger partial charge in [-0.1, -0.05) is 24.4 Å². The molecule has 0 aliphatic heterocycles. The Kier molecular flexibility index (Phi) is 3.81. The van der Waals surface area contributed by atoms with Crippen molar-refractivity contribution >= 4 is 28.7 Å². The van der Waals surface area contributed by atoms with Gasteiger partial charge in [-0.3, -0.25) is 0 Å². The van der Waals surface area contributed by atoms with Gasteiger partial charge >= 0.3 is 0 Å². The molecule has 98 valence electrons. The van der Waals surface area contributed by atoms with Gasteiger partial charge in [0.15, 0.2) is 0 Å². The fourth-order valence-corrected chi connectivity index (χ4v) is 2.24. The van der Waals surface area contributed by atoms with E-state index in [1.807, 2.05) is 25.1 Å². The van der Waals surface area contributed by atoms with Crippen LogP contribution in [0.5, 0.6) is 0 Å². The molecule has 0 aliphatic rings. The summed E-state index contributed by atoms with van der Waals surface area (Å²) in [6.07, 6.45) is 1.75. The van der Waals surface area contributed by atoms with Gasteiger partial charge in [0.1, 0.15) is 10.8 Å². The summed E-state index contributed by atoms with van der Waals surface area (Å²) in [6.45, 7) is 6.14. The largest absolute Gasteiger partial charge is 0.389 e. The summed E-state index contributed by atoms with van der Waals surface area (Å²) >= 11 is 5.11. The molecule has 0 atom stereocenters. The van der Waals surface area contributed by atoms with E-state index in [0.717, 1.165) is 16.8 Å². The Hall–Kier alpha value is -1.94. The van der Waals surface area contributed by atoms with E-state index in [1.54, 1.807) is 6.20 Å². The van der Waals surface area contributed by atoms with Crippen molar-refractivity contribution in [3.63, 3.8) is 0 Å². The number of aromatic nitrogens is 1. The van der Waals surface area contributed by atoms with Crippen LogP contribution in [0, 0.1) is 20.8 Å². The molecule has 4 heteroatoms.